The second kappa shape index (κ2) is 3.99. The lowest BCUT2D eigenvalue weighted by atomic mass is 9.66. The van der Waals surface area contributed by atoms with Crippen LogP contribution in [0.25, 0.3) is 0 Å². The average Bonchev–Trinajstić information content (AvgIpc) is 2.69. The summed E-state index contributed by atoms with van der Waals surface area (Å²) in [5.41, 5.74) is -1.86. The van der Waals surface area contributed by atoms with Crippen molar-refractivity contribution in [2.75, 3.05) is 6.54 Å². The van der Waals surface area contributed by atoms with E-state index in [1.807, 2.05) is 25.7 Å². The molecule has 2 heterocycles. The number of esters is 1. The Hall–Kier alpha value is -1.06. The van der Waals surface area contributed by atoms with Gasteiger partial charge in [0.2, 0.25) is 0 Å². The van der Waals surface area contributed by atoms with Crippen LogP contribution in [-0.4, -0.2) is 35.0 Å². The number of carbonyl (C=O) groups is 2. The van der Waals surface area contributed by atoms with Gasteiger partial charge in [-0.2, -0.15) is 0 Å². The Kier molecular flexibility index (Phi) is 2.77. The van der Waals surface area contributed by atoms with E-state index in [4.69, 9.17) is 4.74 Å². The second-order valence-electron chi connectivity index (χ2n) is 7.52. The van der Waals surface area contributed by atoms with Gasteiger partial charge in [-0.15, -0.1) is 0 Å². The van der Waals surface area contributed by atoms with Gasteiger partial charge in [0.15, 0.2) is 5.60 Å². The highest BCUT2D eigenvalue weighted by atomic mass is 16.6. The molecular weight excluding hydrogens is 254 g/mol. The van der Waals surface area contributed by atoms with E-state index < -0.39 is 16.4 Å². The summed E-state index contributed by atoms with van der Waals surface area (Å²) in [6, 6.07) is 0.257. The van der Waals surface area contributed by atoms with Gasteiger partial charge in [0.1, 0.15) is 0 Å². The number of nitrogens with zero attached hydrogens (tertiary/aromatic N) is 1. The van der Waals surface area contributed by atoms with Gasteiger partial charge in [-0.3, -0.25) is 9.59 Å². The molecule has 2 aliphatic heterocycles. The minimum Gasteiger partial charge on any atom is -0.448 e. The summed E-state index contributed by atoms with van der Waals surface area (Å²) in [4.78, 5) is 27.4. The summed E-state index contributed by atoms with van der Waals surface area (Å²) < 4.78 is 5.70. The third kappa shape index (κ3) is 1.38. The number of amides is 1. The molecule has 4 nitrogen and oxygen atoms in total. The van der Waals surface area contributed by atoms with E-state index in [1.165, 1.54) is 6.42 Å². The molecule has 0 N–H and O–H groups in total. The standard InChI is InChI=1S/C16H25NO3/c1-11-7-5-6-10-17(11)12(18)16-9-8-15(4,13(19)20-16)14(16,2)3/h11H,5-10H2,1-4H3. The monoisotopic (exact) mass is 279 g/mol. The van der Waals surface area contributed by atoms with Crippen molar-refractivity contribution in [2.24, 2.45) is 10.8 Å². The average molecular weight is 279 g/mol. The molecule has 0 aromatic heterocycles. The number of hydrogen-bond donors (Lipinski definition) is 0. The summed E-state index contributed by atoms with van der Waals surface area (Å²) in [6.07, 6.45) is 4.71. The number of hydrogen-bond acceptors (Lipinski definition) is 3. The van der Waals surface area contributed by atoms with Gasteiger partial charge >= 0.3 is 5.97 Å². The Bertz CT molecular complexity index is 472. The highest BCUT2D eigenvalue weighted by Crippen LogP contribution is 2.66. The van der Waals surface area contributed by atoms with Gasteiger partial charge in [0.25, 0.3) is 5.91 Å². The minimum atomic E-state index is -0.926. The molecule has 0 aromatic carbocycles. The maximum atomic E-state index is 13.1. The summed E-state index contributed by atoms with van der Waals surface area (Å²) >= 11 is 0. The first-order valence-electron chi connectivity index (χ1n) is 7.81. The van der Waals surface area contributed by atoms with Crippen LogP contribution in [0.3, 0.4) is 0 Å². The van der Waals surface area contributed by atoms with Crippen LogP contribution in [0.1, 0.15) is 59.8 Å². The third-order valence-electron chi connectivity index (χ3n) is 6.49. The van der Waals surface area contributed by atoms with Crippen LogP contribution in [0.2, 0.25) is 0 Å². The first kappa shape index (κ1) is 13.9. The molecule has 4 heteroatoms. The molecule has 0 spiro atoms. The van der Waals surface area contributed by atoms with Crippen molar-refractivity contribution >= 4 is 11.9 Å². The first-order valence-corrected chi connectivity index (χ1v) is 7.81. The Balaban J connectivity index is 1.97. The first-order chi connectivity index (χ1) is 9.26. The van der Waals surface area contributed by atoms with E-state index in [0.717, 1.165) is 25.8 Å². The van der Waals surface area contributed by atoms with Gasteiger partial charge in [0.05, 0.1) is 5.41 Å². The summed E-state index contributed by atoms with van der Waals surface area (Å²) in [5.74, 6) is -0.143. The number of carbonyl (C=O) groups excluding carboxylic acids is 2. The number of rotatable bonds is 1. The number of fused-ring (bicyclic) bond motifs is 2. The van der Waals surface area contributed by atoms with E-state index in [9.17, 15) is 9.59 Å². The summed E-state index contributed by atoms with van der Waals surface area (Å²) in [6.45, 7) is 8.91. The van der Waals surface area contributed by atoms with Crippen molar-refractivity contribution in [3.8, 4) is 0 Å². The zero-order valence-electron chi connectivity index (χ0n) is 13.0. The third-order valence-corrected chi connectivity index (χ3v) is 6.49. The lowest BCUT2D eigenvalue weighted by Crippen LogP contribution is -2.57. The molecular formula is C16H25NO3. The van der Waals surface area contributed by atoms with Crippen LogP contribution in [0.15, 0.2) is 0 Å². The molecule has 2 bridgehead atoms. The summed E-state index contributed by atoms with van der Waals surface area (Å²) in [7, 11) is 0. The fraction of sp³-hybridized carbons (Fsp3) is 0.875. The fourth-order valence-electron chi connectivity index (χ4n) is 4.35. The van der Waals surface area contributed by atoms with Crippen LogP contribution < -0.4 is 0 Å². The molecule has 0 radical (unpaired) electrons. The lowest BCUT2D eigenvalue weighted by Gasteiger charge is -2.42. The van der Waals surface area contributed by atoms with Crippen LogP contribution in [-0.2, 0) is 14.3 Å². The van der Waals surface area contributed by atoms with Crippen molar-refractivity contribution in [1.29, 1.82) is 0 Å². The Labute approximate surface area is 120 Å². The van der Waals surface area contributed by atoms with Crippen LogP contribution in [0.4, 0.5) is 0 Å². The maximum Gasteiger partial charge on any atom is 0.313 e. The van der Waals surface area contributed by atoms with Crippen LogP contribution in [0.5, 0.6) is 0 Å². The molecule has 1 saturated carbocycles. The van der Waals surface area contributed by atoms with Gasteiger partial charge in [-0.1, -0.05) is 13.8 Å². The van der Waals surface area contributed by atoms with Crippen molar-refractivity contribution < 1.29 is 14.3 Å². The smallest absolute Gasteiger partial charge is 0.313 e. The predicted molar refractivity (Wildman–Crippen MR) is 75.0 cm³/mol. The number of piperidine rings is 1. The zero-order chi connectivity index (χ0) is 14.8. The highest BCUT2D eigenvalue weighted by molar-refractivity contribution is 5.96. The van der Waals surface area contributed by atoms with Gasteiger partial charge < -0.3 is 9.64 Å². The molecule has 1 aliphatic carbocycles. The topological polar surface area (TPSA) is 46.6 Å². The molecule has 3 rings (SSSR count). The van der Waals surface area contributed by atoms with Crippen LogP contribution in [0, 0.1) is 10.8 Å². The lowest BCUT2D eigenvalue weighted by molar-refractivity contribution is -0.176. The molecule has 3 unspecified atom stereocenters. The normalized spacial score (nSPS) is 42.7. The van der Waals surface area contributed by atoms with Crippen molar-refractivity contribution in [3.63, 3.8) is 0 Å². The van der Waals surface area contributed by atoms with E-state index in [-0.39, 0.29) is 17.9 Å². The molecule has 20 heavy (non-hydrogen) atoms. The van der Waals surface area contributed by atoms with Gasteiger partial charge in [0, 0.05) is 18.0 Å². The largest absolute Gasteiger partial charge is 0.448 e. The highest BCUT2D eigenvalue weighted by Gasteiger charge is 2.76. The Morgan fingerprint density at radius 2 is 1.95 bits per heavy atom. The van der Waals surface area contributed by atoms with E-state index in [0.29, 0.717) is 6.42 Å². The molecule has 0 aromatic rings. The molecule has 1 amide bonds. The zero-order valence-corrected chi connectivity index (χ0v) is 13.0. The second-order valence-corrected chi connectivity index (χ2v) is 7.52. The molecule has 2 saturated heterocycles. The summed E-state index contributed by atoms with van der Waals surface area (Å²) in [5, 5.41) is 0. The van der Waals surface area contributed by atoms with Crippen molar-refractivity contribution in [2.45, 2.75) is 71.4 Å². The molecule has 3 fully saturated rings. The van der Waals surface area contributed by atoms with Gasteiger partial charge in [-0.25, -0.2) is 0 Å². The van der Waals surface area contributed by atoms with Crippen LogP contribution >= 0.6 is 0 Å². The van der Waals surface area contributed by atoms with E-state index >= 15 is 0 Å². The quantitative estimate of drug-likeness (QED) is 0.693. The predicted octanol–water partition coefficient (Wildman–Crippen LogP) is 2.51. The number of likely N-dealkylation sites (tertiary alicyclic amines) is 1. The molecule has 3 aliphatic rings. The van der Waals surface area contributed by atoms with Crippen molar-refractivity contribution in [3.05, 3.63) is 0 Å². The van der Waals surface area contributed by atoms with Gasteiger partial charge in [-0.05, 0) is 46.0 Å². The van der Waals surface area contributed by atoms with Crippen molar-refractivity contribution in [1.82, 2.24) is 4.90 Å². The Morgan fingerprint density at radius 1 is 1.25 bits per heavy atom. The molecule has 3 atom stereocenters. The van der Waals surface area contributed by atoms with E-state index in [2.05, 4.69) is 6.92 Å². The fourth-order valence-corrected chi connectivity index (χ4v) is 4.35. The number of ether oxygens (including phenoxy) is 1. The maximum absolute atomic E-state index is 13.1. The SMILES string of the molecule is CC1CCCCN1C(=O)C12CCC(C)(C(=O)O1)C2(C)C. The Morgan fingerprint density at radius 3 is 2.45 bits per heavy atom. The molecule has 112 valence electrons. The minimum absolute atomic E-state index is 0.0456. The van der Waals surface area contributed by atoms with E-state index in [1.54, 1.807) is 0 Å².